The van der Waals surface area contributed by atoms with Crippen LogP contribution in [0.5, 0.6) is 11.5 Å². The molecule has 10 nitrogen and oxygen atoms in total. The summed E-state index contributed by atoms with van der Waals surface area (Å²) in [5.74, 6) is -0.113. The Labute approximate surface area is 210 Å². The van der Waals surface area contributed by atoms with E-state index < -0.39 is 17.3 Å². The minimum atomic E-state index is -1.12. The molecule has 0 fully saturated rings. The molecule has 2 aromatic heterocycles. The Kier molecular flexibility index (Phi) is 7.16. The lowest BCUT2D eigenvalue weighted by atomic mass is 10.2. The zero-order chi connectivity index (χ0) is 25.8. The van der Waals surface area contributed by atoms with Gasteiger partial charge in [0, 0.05) is 17.3 Å². The van der Waals surface area contributed by atoms with Gasteiger partial charge in [-0.2, -0.15) is 4.98 Å². The van der Waals surface area contributed by atoms with Gasteiger partial charge in [0.05, 0.1) is 12.7 Å². The number of hydrogen-bond acceptors (Lipinski definition) is 7. The van der Waals surface area contributed by atoms with Crippen LogP contribution < -0.4 is 21.4 Å². The smallest absolute Gasteiger partial charge is 0.354 e. The van der Waals surface area contributed by atoms with Crippen LogP contribution in [-0.4, -0.2) is 30.2 Å². The van der Waals surface area contributed by atoms with Crippen LogP contribution in [0.3, 0.4) is 0 Å². The Morgan fingerprint density at radius 3 is 2.44 bits per heavy atom. The summed E-state index contributed by atoms with van der Waals surface area (Å²) in [4.78, 5) is 44.4. The number of aromatic carboxylic acids is 1. The maximum absolute atomic E-state index is 13.1. The predicted octanol–water partition coefficient (Wildman–Crippen LogP) is 4.06. The molecule has 36 heavy (non-hydrogen) atoms. The number of aromatic nitrogens is 4. The molecule has 0 aliphatic heterocycles. The number of halogens is 1. The van der Waals surface area contributed by atoms with Crippen molar-refractivity contribution in [3.05, 3.63) is 104 Å². The van der Waals surface area contributed by atoms with Crippen LogP contribution in [0.2, 0.25) is 5.02 Å². The molecule has 11 heteroatoms. The molecule has 0 spiro atoms. The van der Waals surface area contributed by atoms with Crippen molar-refractivity contribution < 1.29 is 14.6 Å². The summed E-state index contributed by atoms with van der Waals surface area (Å²) in [6, 6.07) is 15.1. The fraction of sp³-hybridized carbons (Fsp3) is 0.160. The molecule has 0 saturated carbocycles. The summed E-state index contributed by atoms with van der Waals surface area (Å²) in [5, 5.41) is 12.6. The largest absolute Gasteiger partial charge is 0.477 e. The molecule has 0 amide bonds. The molecule has 0 radical (unpaired) electrons. The third-order valence-corrected chi connectivity index (χ3v) is 5.59. The highest BCUT2D eigenvalue weighted by molar-refractivity contribution is 6.30. The molecular weight excluding hydrogens is 486 g/mol. The molecule has 2 heterocycles. The Morgan fingerprint density at radius 2 is 1.83 bits per heavy atom. The minimum absolute atomic E-state index is 0.0826. The molecule has 4 aromatic rings. The first-order chi connectivity index (χ1) is 17.2. The minimum Gasteiger partial charge on any atom is -0.477 e. The maximum atomic E-state index is 13.1. The number of aryl methyl sites for hydroxylation is 1. The number of anilines is 2. The maximum Gasteiger partial charge on any atom is 0.354 e. The van der Waals surface area contributed by atoms with Gasteiger partial charge in [-0.15, -0.1) is 0 Å². The molecule has 0 aliphatic rings. The normalized spacial score (nSPS) is 10.8. The quantitative estimate of drug-likeness (QED) is 0.365. The van der Waals surface area contributed by atoms with Gasteiger partial charge in [0.25, 0.3) is 0 Å². The number of pyridine rings is 1. The van der Waals surface area contributed by atoms with Gasteiger partial charge in [-0.25, -0.2) is 23.9 Å². The molecule has 0 aliphatic carbocycles. The van der Waals surface area contributed by atoms with E-state index in [1.54, 1.807) is 49.4 Å². The summed E-state index contributed by atoms with van der Waals surface area (Å²) in [6.07, 6.45) is 1.33. The van der Waals surface area contributed by atoms with Gasteiger partial charge in [0.1, 0.15) is 17.2 Å². The lowest BCUT2D eigenvalue weighted by Crippen LogP contribution is -2.42. The highest BCUT2D eigenvalue weighted by Gasteiger charge is 2.14. The Balaban J connectivity index is 1.62. The first-order valence-corrected chi connectivity index (χ1v) is 11.3. The van der Waals surface area contributed by atoms with Crippen LogP contribution in [0, 0.1) is 6.92 Å². The Hall–Kier alpha value is -4.44. The van der Waals surface area contributed by atoms with E-state index in [0.717, 1.165) is 15.7 Å². The van der Waals surface area contributed by atoms with E-state index in [1.807, 2.05) is 6.92 Å². The van der Waals surface area contributed by atoms with Gasteiger partial charge < -0.3 is 15.2 Å². The van der Waals surface area contributed by atoms with Crippen molar-refractivity contribution in [1.82, 2.24) is 19.1 Å². The van der Waals surface area contributed by atoms with E-state index in [4.69, 9.17) is 21.4 Å². The second-order valence-electron chi connectivity index (χ2n) is 7.85. The van der Waals surface area contributed by atoms with Crippen molar-refractivity contribution in [1.29, 1.82) is 0 Å². The molecule has 0 bridgehead atoms. The second-order valence-corrected chi connectivity index (χ2v) is 8.29. The van der Waals surface area contributed by atoms with Crippen molar-refractivity contribution in [2.45, 2.75) is 26.9 Å². The monoisotopic (exact) mass is 507 g/mol. The van der Waals surface area contributed by atoms with Gasteiger partial charge in [0.2, 0.25) is 5.95 Å². The Morgan fingerprint density at radius 1 is 1.08 bits per heavy atom. The van der Waals surface area contributed by atoms with Crippen molar-refractivity contribution in [2.75, 3.05) is 5.32 Å². The number of nitrogens with zero attached hydrogens (tertiary/aromatic N) is 4. The van der Waals surface area contributed by atoms with Crippen molar-refractivity contribution in [3.8, 4) is 11.5 Å². The summed E-state index contributed by atoms with van der Waals surface area (Å²) in [6.45, 7) is 3.91. The van der Waals surface area contributed by atoms with Crippen molar-refractivity contribution in [2.24, 2.45) is 0 Å². The first-order valence-electron chi connectivity index (χ1n) is 11.0. The highest BCUT2D eigenvalue weighted by Crippen LogP contribution is 2.28. The van der Waals surface area contributed by atoms with Gasteiger partial charge in [-0.1, -0.05) is 23.7 Å². The molecule has 0 saturated heterocycles. The number of carbonyl (C=O) groups is 1. The lowest BCUT2D eigenvalue weighted by Gasteiger charge is -2.16. The number of hydrogen-bond donors (Lipinski definition) is 2. The number of benzene rings is 2. The van der Waals surface area contributed by atoms with Crippen LogP contribution in [0.15, 0.2) is 70.4 Å². The number of carboxylic acid groups (broad SMARTS) is 1. The van der Waals surface area contributed by atoms with Crippen LogP contribution in [-0.2, 0) is 13.1 Å². The van der Waals surface area contributed by atoms with Crippen molar-refractivity contribution >= 4 is 29.2 Å². The van der Waals surface area contributed by atoms with Crippen LogP contribution in [0.1, 0.15) is 28.5 Å². The van der Waals surface area contributed by atoms with Gasteiger partial charge in [-0.3, -0.25) is 4.57 Å². The van der Waals surface area contributed by atoms with E-state index in [0.29, 0.717) is 22.2 Å². The number of nitrogens with one attached hydrogen (secondary N) is 1. The van der Waals surface area contributed by atoms with Crippen LogP contribution in [0.4, 0.5) is 11.6 Å². The third-order valence-electron chi connectivity index (χ3n) is 5.33. The fourth-order valence-corrected chi connectivity index (χ4v) is 3.60. The van der Waals surface area contributed by atoms with Crippen molar-refractivity contribution in [3.63, 3.8) is 0 Å². The van der Waals surface area contributed by atoms with Crippen LogP contribution >= 0.6 is 11.6 Å². The molecule has 4 rings (SSSR count). The van der Waals surface area contributed by atoms with Crippen LogP contribution in [0.25, 0.3) is 0 Å². The summed E-state index contributed by atoms with van der Waals surface area (Å²) >= 11 is 5.98. The van der Waals surface area contributed by atoms with E-state index in [2.05, 4.69) is 15.3 Å². The molecule has 2 N–H and O–H groups in total. The molecule has 184 valence electrons. The summed E-state index contributed by atoms with van der Waals surface area (Å²) in [7, 11) is 0. The molecular formula is C25H22ClN5O5. The number of carboxylic acids is 1. The number of rotatable bonds is 8. The predicted molar refractivity (Wildman–Crippen MR) is 135 cm³/mol. The van der Waals surface area contributed by atoms with E-state index in [1.165, 1.54) is 22.9 Å². The molecule has 0 unspecified atom stereocenters. The molecule has 0 atom stereocenters. The van der Waals surface area contributed by atoms with Gasteiger partial charge in [-0.05, 0) is 67.4 Å². The standard InChI is InChI=1S/C25H22ClN5O5/c1-3-30-24(34)29-23(31(25(30)35)14-16-4-6-17(26)7-5-16)28-18-8-11-21(15(2)12-18)36-19-9-10-20(22(32)33)27-13-19/h4-13H,3,14H2,1-2H3,(H,32,33)(H,28,29,34). The average Bonchev–Trinajstić information content (AvgIpc) is 2.85. The number of ether oxygens (including phenoxy) is 1. The lowest BCUT2D eigenvalue weighted by molar-refractivity contribution is 0.0690. The van der Waals surface area contributed by atoms with E-state index >= 15 is 0 Å². The zero-order valence-corrected chi connectivity index (χ0v) is 20.2. The summed E-state index contributed by atoms with van der Waals surface area (Å²) < 4.78 is 8.27. The fourth-order valence-electron chi connectivity index (χ4n) is 3.48. The highest BCUT2D eigenvalue weighted by atomic mass is 35.5. The zero-order valence-electron chi connectivity index (χ0n) is 19.4. The third kappa shape index (κ3) is 5.44. The van der Waals surface area contributed by atoms with E-state index in [-0.39, 0.29) is 24.7 Å². The molecule has 2 aromatic carbocycles. The van der Waals surface area contributed by atoms with Gasteiger partial charge in [0.15, 0.2) is 0 Å². The van der Waals surface area contributed by atoms with Gasteiger partial charge >= 0.3 is 17.3 Å². The SMILES string of the molecule is CCn1c(=O)nc(Nc2ccc(Oc3ccc(C(=O)O)nc3)c(C)c2)n(Cc2ccc(Cl)cc2)c1=O. The first kappa shape index (κ1) is 24.7. The topological polar surface area (TPSA) is 128 Å². The second kappa shape index (κ2) is 10.4. The summed E-state index contributed by atoms with van der Waals surface area (Å²) in [5.41, 5.74) is 0.937. The average molecular weight is 508 g/mol. The Bertz CT molecular complexity index is 1530. The van der Waals surface area contributed by atoms with E-state index in [9.17, 15) is 14.4 Å².